The van der Waals surface area contributed by atoms with Gasteiger partial charge < -0.3 is 14.7 Å². The van der Waals surface area contributed by atoms with Gasteiger partial charge in [-0.2, -0.15) is 0 Å². The van der Waals surface area contributed by atoms with E-state index >= 15 is 0 Å². The van der Waals surface area contributed by atoms with Crippen molar-refractivity contribution in [2.45, 2.75) is 13.0 Å². The second-order valence-electron chi connectivity index (χ2n) is 5.37. The second kappa shape index (κ2) is 6.88. The van der Waals surface area contributed by atoms with Gasteiger partial charge in [0.25, 0.3) is 5.91 Å². The molecule has 2 heterocycles. The molecule has 0 spiro atoms. The summed E-state index contributed by atoms with van der Waals surface area (Å²) in [5.41, 5.74) is 1.45. The Morgan fingerprint density at radius 2 is 2.08 bits per heavy atom. The number of amides is 1. The monoisotopic (exact) mass is 366 g/mol. The topological polar surface area (TPSA) is 79.7 Å². The molecule has 1 unspecified atom stereocenters. The third-order valence-corrected chi connectivity index (χ3v) is 5.20. The lowest BCUT2D eigenvalue weighted by Gasteiger charge is -2.32. The number of carbonyl (C=O) groups excluding carboxylic acids is 1. The van der Waals surface area contributed by atoms with E-state index in [2.05, 4.69) is 4.98 Å². The number of carboxylic acid groups (broad SMARTS) is 1. The number of nitrogens with zero attached hydrogens (tertiary/aromatic N) is 2. The minimum atomic E-state index is -1.07. The average Bonchev–Trinajstić information content (AvgIpc) is 2.96. The Morgan fingerprint density at radius 3 is 2.75 bits per heavy atom. The molecule has 0 aliphatic carbocycles. The summed E-state index contributed by atoms with van der Waals surface area (Å²) in [6, 6.07) is 6.23. The number of benzene rings is 1. The van der Waals surface area contributed by atoms with E-state index in [1.165, 1.54) is 16.2 Å². The Bertz CT molecular complexity index is 775. The molecule has 1 N–H and O–H groups in total. The molecule has 1 aliphatic heterocycles. The van der Waals surface area contributed by atoms with Gasteiger partial charge in [0, 0.05) is 17.1 Å². The summed E-state index contributed by atoms with van der Waals surface area (Å²) < 4.78 is 5.18. The number of hydrogen-bond donors (Lipinski definition) is 1. The maximum absolute atomic E-state index is 12.8. The zero-order chi connectivity index (χ0) is 17.3. The molecule has 8 heteroatoms. The summed E-state index contributed by atoms with van der Waals surface area (Å²) in [7, 11) is 0. The molecule has 0 radical (unpaired) electrons. The Kier molecular flexibility index (Phi) is 4.84. The molecule has 0 bridgehead atoms. The van der Waals surface area contributed by atoms with Gasteiger partial charge in [0.15, 0.2) is 6.04 Å². The lowest BCUT2D eigenvalue weighted by Crippen LogP contribution is -2.52. The number of aryl methyl sites for hydroxylation is 1. The smallest absolute Gasteiger partial charge is 0.328 e. The van der Waals surface area contributed by atoms with Crippen LogP contribution < -0.4 is 0 Å². The number of hydrogen-bond acceptors (Lipinski definition) is 5. The van der Waals surface area contributed by atoms with Crippen LogP contribution in [0.2, 0.25) is 5.02 Å². The first kappa shape index (κ1) is 16.9. The molecule has 1 atom stereocenters. The summed E-state index contributed by atoms with van der Waals surface area (Å²) in [5, 5.41) is 10.6. The van der Waals surface area contributed by atoms with Crippen LogP contribution in [-0.4, -0.2) is 52.7 Å². The van der Waals surface area contributed by atoms with Crippen LogP contribution >= 0.6 is 22.9 Å². The fraction of sp³-hybridized carbons (Fsp3) is 0.312. The summed E-state index contributed by atoms with van der Waals surface area (Å²) in [5.74, 6) is -1.39. The van der Waals surface area contributed by atoms with Gasteiger partial charge in [0.1, 0.15) is 9.88 Å². The molecular weight excluding hydrogens is 352 g/mol. The Hall–Kier alpha value is -1.96. The summed E-state index contributed by atoms with van der Waals surface area (Å²) >= 11 is 7.14. The molecule has 1 saturated heterocycles. The van der Waals surface area contributed by atoms with Crippen LogP contribution in [0.5, 0.6) is 0 Å². The predicted molar refractivity (Wildman–Crippen MR) is 90.6 cm³/mol. The van der Waals surface area contributed by atoms with Gasteiger partial charge in [0.2, 0.25) is 0 Å². The van der Waals surface area contributed by atoms with Crippen LogP contribution in [0.1, 0.15) is 15.4 Å². The van der Waals surface area contributed by atoms with Gasteiger partial charge in [-0.3, -0.25) is 4.79 Å². The Balaban J connectivity index is 1.90. The van der Waals surface area contributed by atoms with Gasteiger partial charge in [0.05, 0.1) is 18.9 Å². The maximum Gasteiger partial charge on any atom is 0.328 e. The average molecular weight is 367 g/mol. The van der Waals surface area contributed by atoms with Crippen molar-refractivity contribution in [3.05, 3.63) is 39.9 Å². The molecule has 1 aromatic carbocycles. The van der Waals surface area contributed by atoms with Crippen molar-refractivity contribution in [3.8, 4) is 10.6 Å². The van der Waals surface area contributed by atoms with E-state index in [1.54, 1.807) is 19.1 Å². The van der Waals surface area contributed by atoms with E-state index in [0.29, 0.717) is 27.2 Å². The predicted octanol–water partition coefficient (Wildman–Crippen LogP) is 2.70. The van der Waals surface area contributed by atoms with E-state index < -0.39 is 12.0 Å². The Labute approximate surface area is 147 Å². The van der Waals surface area contributed by atoms with Crippen molar-refractivity contribution in [2.75, 3.05) is 19.8 Å². The number of ether oxygens (including phenoxy) is 1. The van der Waals surface area contributed by atoms with Gasteiger partial charge in [-0.1, -0.05) is 23.7 Å². The van der Waals surface area contributed by atoms with Crippen molar-refractivity contribution >= 4 is 34.8 Å². The highest BCUT2D eigenvalue weighted by Crippen LogP contribution is 2.30. The molecular formula is C16H15ClN2O4S. The normalized spacial score (nSPS) is 17.8. The first-order valence-corrected chi connectivity index (χ1v) is 8.51. The number of thiazole rings is 1. The fourth-order valence-electron chi connectivity index (χ4n) is 2.49. The highest BCUT2D eigenvalue weighted by atomic mass is 35.5. The van der Waals surface area contributed by atoms with E-state index in [1.807, 2.05) is 12.1 Å². The zero-order valence-electron chi connectivity index (χ0n) is 12.9. The van der Waals surface area contributed by atoms with Crippen LogP contribution in [-0.2, 0) is 9.53 Å². The SMILES string of the molecule is Cc1nc(-c2ccc(Cl)cc2)sc1C(=O)N1CCOCC1C(=O)O. The first-order chi connectivity index (χ1) is 11.5. The third-order valence-electron chi connectivity index (χ3n) is 3.76. The van der Waals surface area contributed by atoms with Gasteiger partial charge in [-0.05, 0) is 19.1 Å². The lowest BCUT2D eigenvalue weighted by molar-refractivity contribution is -0.147. The highest BCUT2D eigenvalue weighted by Gasteiger charge is 2.34. The molecule has 24 heavy (non-hydrogen) atoms. The standard InChI is InChI=1S/C16H15ClN2O4S/c1-9-13(15(20)19-6-7-23-8-12(19)16(21)22)24-14(18-9)10-2-4-11(17)5-3-10/h2-5,12H,6-8H2,1H3,(H,21,22). The number of morpholine rings is 1. The number of carbonyl (C=O) groups is 2. The number of aliphatic carboxylic acids is 1. The largest absolute Gasteiger partial charge is 0.480 e. The van der Waals surface area contributed by atoms with Crippen molar-refractivity contribution < 1.29 is 19.4 Å². The molecule has 1 aromatic heterocycles. The molecule has 2 aromatic rings. The van der Waals surface area contributed by atoms with E-state index in [-0.39, 0.29) is 19.1 Å². The van der Waals surface area contributed by atoms with E-state index in [0.717, 1.165) is 5.56 Å². The molecule has 1 aliphatic rings. The second-order valence-corrected chi connectivity index (χ2v) is 6.80. The third kappa shape index (κ3) is 3.28. The quantitative estimate of drug-likeness (QED) is 0.903. The van der Waals surface area contributed by atoms with Crippen molar-refractivity contribution in [1.29, 1.82) is 0 Å². The van der Waals surface area contributed by atoms with Crippen LogP contribution in [0.25, 0.3) is 10.6 Å². The summed E-state index contributed by atoms with van der Waals surface area (Å²) in [4.78, 5) is 30.4. The van der Waals surface area contributed by atoms with Crippen LogP contribution in [0, 0.1) is 6.92 Å². The Morgan fingerprint density at radius 1 is 1.38 bits per heavy atom. The van der Waals surface area contributed by atoms with Crippen LogP contribution in [0.3, 0.4) is 0 Å². The van der Waals surface area contributed by atoms with Crippen LogP contribution in [0.4, 0.5) is 0 Å². The number of rotatable bonds is 3. The van der Waals surface area contributed by atoms with Gasteiger partial charge >= 0.3 is 5.97 Å². The lowest BCUT2D eigenvalue weighted by atomic mass is 10.2. The number of carboxylic acids is 1. The minimum absolute atomic E-state index is 0.00294. The van der Waals surface area contributed by atoms with Gasteiger partial charge in [-0.15, -0.1) is 11.3 Å². The van der Waals surface area contributed by atoms with Gasteiger partial charge in [-0.25, -0.2) is 9.78 Å². The van der Waals surface area contributed by atoms with Crippen molar-refractivity contribution in [2.24, 2.45) is 0 Å². The minimum Gasteiger partial charge on any atom is -0.480 e. The summed E-state index contributed by atoms with van der Waals surface area (Å²) in [6.07, 6.45) is 0. The molecule has 3 rings (SSSR count). The molecule has 0 saturated carbocycles. The van der Waals surface area contributed by atoms with Crippen LogP contribution in [0.15, 0.2) is 24.3 Å². The van der Waals surface area contributed by atoms with Crippen molar-refractivity contribution in [1.82, 2.24) is 9.88 Å². The molecule has 126 valence electrons. The number of halogens is 1. The first-order valence-electron chi connectivity index (χ1n) is 7.32. The highest BCUT2D eigenvalue weighted by molar-refractivity contribution is 7.17. The molecule has 6 nitrogen and oxygen atoms in total. The van der Waals surface area contributed by atoms with Crippen molar-refractivity contribution in [3.63, 3.8) is 0 Å². The molecule has 1 amide bonds. The number of aromatic nitrogens is 1. The zero-order valence-corrected chi connectivity index (χ0v) is 14.4. The fourth-order valence-corrected chi connectivity index (χ4v) is 3.65. The van der Waals surface area contributed by atoms with E-state index in [4.69, 9.17) is 16.3 Å². The van der Waals surface area contributed by atoms with E-state index in [9.17, 15) is 14.7 Å². The molecule has 1 fully saturated rings. The maximum atomic E-state index is 12.8. The summed E-state index contributed by atoms with van der Waals surface area (Å²) in [6.45, 7) is 2.34.